The fourth-order valence-corrected chi connectivity index (χ4v) is 4.58. The third-order valence-corrected chi connectivity index (χ3v) is 6.13. The van der Waals surface area contributed by atoms with Gasteiger partial charge in [0, 0.05) is 26.2 Å². The Hall–Kier alpha value is 0.120. The van der Waals surface area contributed by atoms with Crippen molar-refractivity contribution in [2.45, 2.75) is 32.1 Å². The molecule has 0 atom stereocenters. The first-order chi connectivity index (χ1) is 8.64. The molecule has 2 aliphatic heterocycles. The Morgan fingerprint density at radius 3 is 2.11 bits per heavy atom. The molecule has 0 radical (unpaired) electrons. The van der Waals surface area contributed by atoms with E-state index in [1.807, 2.05) is 7.05 Å². The summed E-state index contributed by atoms with van der Waals surface area (Å²) in [5.74, 6) is 0.683. The molecule has 7 heteroatoms. The summed E-state index contributed by atoms with van der Waals surface area (Å²) in [6.07, 6.45) is 5.20. The van der Waals surface area contributed by atoms with E-state index in [4.69, 9.17) is 0 Å². The molecule has 0 saturated carbocycles. The van der Waals surface area contributed by atoms with Crippen LogP contribution in [0, 0.1) is 5.92 Å². The fraction of sp³-hybridized carbons (Fsp3) is 1.00. The molecule has 0 amide bonds. The maximum Gasteiger partial charge on any atom is 0.281 e. The molecular formula is C12H26ClN3O2S. The highest BCUT2D eigenvalue weighted by molar-refractivity contribution is 7.86. The van der Waals surface area contributed by atoms with Gasteiger partial charge in [-0.1, -0.05) is 0 Å². The maximum atomic E-state index is 12.3. The van der Waals surface area contributed by atoms with Gasteiger partial charge in [-0.2, -0.15) is 17.0 Å². The SMILES string of the molecule is CNCCC1CCN(S(=O)(=O)N2CCCC2)CC1.Cl. The van der Waals surface area contributed by atoms with E-state index >= 15 is 0 Å². The van der Waals surface area contributed by atoms with Crippen LogP contribution in [0.4, 0.5) is 0 Å². The van der Waals surface area contributed by atoms with Gasteiger partial charge in [0.15, 0.2) is 0 Å². The molecular weight excluding hydrogens is 286 g/mol. The van der Waals surface area contributed by atoms with E-state index < -0.39 is 10.2 Å². The summed E-state index contributed by atoms with van der Waals surface area (Å²) in [5.41, 5.74) is 0. The molecule has 0 aromatic rings. The van der Waals surface area contributed by atoms with Crippen LogP contribution in [0.2, 0.25) is 0 Å². The number of hydrogen-bond donors (Lipinski definition) is 1. The second-order valence-corrected chi connectivity index (χ2v) is 7.28. The number of piperidine rings is 1. The standard InChI is InChI=1S/C12H25N3O2S.ClH/c1-13-7-4-12-5-10-15(11-6-12)18(16,17)14-8-2-3-9-14;/h12-13H,2-11H2,1H3;1H. The average Bonchev–Trinajstić information content (AvgIpc) is 2.91. The van der Waals surface area contributed by atoms with Crippen molar-refractivity contribution in [2.24, 2.45) is 5.92 Å². The van der Waals surface area contributed by atoms with Crippen molar-refractivity contribution < 1.29 is 8.42 Å². The van der Waals surface area contributed by atoms with Crippen LogP contribution in [0.1, 0.15) is 32.1 Å². The second-order valence-electron chi connectivity index (χ2n) is 5.35. The zero-order valence-corrected chi connectivity index (χ0v) is 13.3. The third-order valence-electron chi connectivity index (χ3n) is 4.09. The molecule has 2 fully saturated rings. The lowest BCUT2D eigenvalue weighted by Crippen LogP contribution is -2.46. The quantitative estimate of drug-likeness (QED) is 0.826. The van der Waals surface area contributed by atoms with E-state index in [9.17, 15) is 8.42 Å². The first kappa shape index (κ1) is 17.2. The van der Waals surface area contributed by atoms with Crippen LogP contribution >= 0.6 is 12.4 Å². The minimum Gasteiger partial charge on any atom is -0.320 e. The summed E-state index contributed by atoms with van der Waals surface area (Å²) in [5, 5.41) is 3.16. The first-order valence-electron chi connectivity index (χ1n) is 7.04. The van der Waals surface area contributed by atoms with Crippen LogP contribution < -0.4 is 5.32 Å². The van der Waals surface area contributed by atoms with E-state index in [1.165, 1.54) is 0 Å². The van der Waals surface area contributed by atoms with E-state index in [2.05, 4.69) is 5.32 Å². The Morgan fingerprint density at radius 1 is 1.05 bits per heavy atom. The van der Waals surface area contributed by atoms with E-state index in [0.717, 1.165) is 38.6 Å². The van der Waals surface area contributed by atoms with Crippen LogP contribution in [-0.4, -0.2) is 56.8 Å². The lowest BCUT2D eigenvalue weighted by Gasteiger charge is -2.33. The molecule has 2 saturated heterocycles. The van der Waals surface area contributed by atoms with E-state index in [-0.39, 0.29) is 12.4 Å². The maximum absolute atomic E-state index is 12.3. The highest BCUT2D eigenvalue weighted by Gasteiger charge is 2.33. The highest BCUT2D eigenvalue weighted by atomic mass is 35.5. The van der Waals surface area contributed by atoms with Gasteiger partial charge >= 0.3 is 0 Å². The van der Waals surface area contributed by atoms with Crippen molar-refractivity contribution in [3.8, 4) is 0 Å². The van der Waals surface area contributed by atoms with Crippen molar-refractivity contribution >= 4 is 22.6 Å². The monoisotopic (exact) mass is 311 g/mol. The summed E-state index contributed by atoms with van der Waals surface area (Å²) in [6.45, 7) is 3.86. The Kier molecular flexibility index (Phi) is 7.04. The van der Waals surface area contributed by atoms with Crippen LogP contribution in [0.5, 0.6) is 0 Å². The van der Waals surface area contributed by atoms with Gasteiger partial charge < -0.3 is 5.32 Å². The van der Waals surface area contributed by atoms with Crippen LogP contribution in [0.25, 0.3) is 0 Å². The minimum absolute atomic E-state index is 0. The number of hydrogen-bond acceptors (Lipinski definition) is 3. The summed E-state index contributed by atoms with van der Waals surface area (Å²) in [6, 6.07) is 0. The lowest BCUT2D eigenvalue weighted by molar-refractivity contribution is 0.250. The Bertz CT molecular complexity index is 350. The predicted molar refractivity (Wildman–Crippen MR) is 79.8 cm³/mol. The largest absolute Gasteiger partial charge is 0.320 e. The molecule has 0 aliphatic carbocycles. The average molecular weight is 312 g/mol. The fourth-order valence-electron chi connectivity index (χ4n) is 2.86. The van der Waals surface area contributed by atoms with Crippen molar-refractivity contribution in [3.05, 3.63) is 0 Å². The topological polar surface area (TPSA) is 52.7 Å². The Balaban J connectivity index is 0.00000180. The van der Waals surface area contributed by atoms with Crippen LogP contribution in [-0.2, 0) is 10.2 Å². The van der Waals surface area contributed by atoms with Gasteiger partial charge in [-0.25, -0.2) is 0 Å². The molecule has 19 heavy (non-hydrogen) atoms. The van der Waals surface area contributed by atoms with Gasteiger partial charge in [-0.15, -0.1) is 12.4 Å². The number of nitrogens with one attached hydrogen (secondary N) is 1. The molecule has 114 valence electrons. The molecule has 0 aromatic heterocycles. The van der Waals surface area contributed by atoms with Crippen molar-refractivity contribution in [1.82, 2.24) is 13.9 Å². The molecule has 2 rings (SSSR count). The molecule has 2 aliphatic rings. The molecule has 5 nitrogen and oxygen atoms in total. The molecule has 2 heterocycles. The first-order valence-corrected chi connectivity index (χ1v) is 8.44. The summed E-state index contributed by atoms with van der Waals surface area (Å²) >= 11 is 0. The van der Waals surface area contributed by atoms with Gasteiger partial charge in [0.1, 0.15) is 0 Å². The molecule has 1 N–H and O–H groups in total. The van der Waals surface area contributed by atoms with Gasteiger partial charge in [-0.05, 0) is 51.6 Å². The summed E-state index contributed by atoms with van der Waals surface area (Å²) in [7, 11) is -1.19. The van der Waals surface area contributed by atoms with Crippen molar-refractivity contribution in [3.63, 3.8) is 0 Å². The van der Waals surface area contributed by atoms with Gasteiger partial charge in [0.05, 0.1) is 0 Å². The lowest BCUT2D eigenvalue weighted by atomic mass is 9.95. The predicted octanol–water partition coefficient (Wildman–Crippen LogP) is 1.07. The molecule has 0 spiro atoms. The molecule has 0 bridgehead atoms. The zero-order chi connectivity index (χ0) is 13.0. The molecule has 0 aromatic carbocycles. The smallest absolute Gasteiger partial charge is 0.281 e. The molecule has 0 unspecified atom stereocenters. The van der Waals surface area contributed by atoms with Crippen LogP contribution in [0.15, 0.2) is 0 Å². The zero-order valence-electron chi connectivity index (χ0n) is 11.7. The van der Waals surface area contributed by atoms with Crippen molar-refractivity contribution in [1.29, 1.82) is 0 Å². The minimum atomic E-state index is -3.15. The van der Waals surface area contributed by atoms with Crippen molar-refractivity contribution in [2.75, 3.05) is 39.8 Å². The van der Waals surface area contributed by atoms with Gasteiger partial charge in [0.2, 0.25) is 0 Å². The van der Waals surface area contributed by atoms with E-state index in [1.54, 1.807) is 8.61 Å². The number of rotatable bonds is 5. The number of nitrogens with zero attached hydrogens (tertiary/aromatic N) is 2. The third kappa shape index (κ3) is 4.29. The second kappa shape index (κ2) is 7.78. The Labute approximate surface area is 123 Å². The van der Waals surface area contributed by atoms with Crippen LogP contribution in [0.3, 0.4) is 0 Å². The van der Waals surface area contributed by atoms with Gasteiger partial charge in [0.25, 0.3) is 10.2 Å². The highest BCUT2D eigenvalue weighted by Crippen LogP contribution is 2.25. The number of halogens is 1. The summed E-state index contributed by atoms with van der Waals surface area (Å²) in [4.78, 5) is 0. The Morgan fingerprint density at radius 2 is 1.58 bits per heavy atom. The summed E-state index contributed by atoms with van der Waals surface area (Å²) < 4.78 is 28.0. The van der Waals surface area contributed by atoms with Gasteiger partial charge in [-0.3, -0.25) is 0 Å². The normalized spacial score (nSPS) is 23.4. The van der Waals surface area contributed by atoms with E-state index in [0.29, 0.717) is 32.1 Å².